The Labute approximate surface area is 131 Å². The fourth-order valence-corrected chi connectivity index (χ4v) is 2.93. The first-order valence-electron chi connectivity index (χ1n) is 6.20. The Kier molecular flexibility index (Phi) is 6.03. The smallest absolute Gasteiger partial charge is 0.195 e. The van der Waals surface area contributed by atoms with Crippen molar-refractivity contribution in [1.29, 1.82) is 0 Å². The molecule has 0 fully saturated rings. The highest BCUT2D eigenvalue weighted by molar-refractivity contribution is 9.10. The standard InChI is InChI=1S/C13H17BrN4OS/c1-18-9-16-17-13(18)20-12-4-3-11(14)7-10(12)8-15-5-6-19-2/h3-4,7,9,15H,5-6,8H2,1-2H3. The molecule has 1 aromatic heterocycles. The molecule has 0 saturated heterocycles. The summed E-state index contributed by atoms with van der Waals surface area (Å²) in [5, 5.41) is 12.3. The van der Waals surface area contributed by atoms with Gasteiger partial charge in [-0.2, -0.15) is 0 Å². The highest BCUT2D eigenvalue weighted by Gasteiger charge is 2.09. The molecule has 20 heavy (non-hydrogen) atoms. The van der Waals surface area contributed by atoms with Crippen LogP contribution in [-0.2, 0) is 18.3 Å². The van der Waals surface area contributed by atoms with Crippen molar-refractivity contribution >= 4 is 27.7 Å². The molecule has 0 atom stereocenters. The number of aromatic nitrogens is 3. The summed E-state index contributed by atoms with van der Waals surface area (Å²) >= 11 is 5.13. The second-order valence-corrected chi connectivity index (χ2v) is 6.17. The van der Waals surface area contributed by atoms with Crippen molar-refractivity contribution in [3.63, 3.8) is 0 Å². The normalized spacial score (nSPS) is 10.9. The van der Waals surface area contributed by atoms with Crippen LogP contribution in [0, 0.1) is 0 Å². The number of nitrogens with zero attached hydrogens (tertiary/aromatic N) is 3. The molecule has 0 radical (unpaired) electrons. The van der Waals surface area contributed by atoms with Crippen LogP contribution >= 0.6 is 27.7 Å². The van der Waals surface area contributed by atoms with E-state index in [0.717, 1.165) is 22.7 Å². The van der Waals surface area contributed by atoms with E-state index in [4.69, 9.17) is 4.74 Å². The summed E-state index contributed by atoms with van der Waals surface area (Å²) in [6.07, 6.45) is 1.71. The van der Waals surface area contributed by atoms with Crippen molar-refractivity contribution < 1.29 is 4.74 Å². The van der Waals surface area contributed by atoms with Crippen molar-refractivity contribution in [2.75, 3.05) is 20.3 Å². The van der Waals surface area contributed by atoms with E-state index in [2.05, 4.69) is 43.6 Å². The Morgan fingerprint density at radius 3 is 3.00 bits per heavy atom. The number of ether oxygens (including phenoxy) is 1. The lowest BCUT2D eigenvalue weighted by Gasteiger charge is -2.10. The number of methoxy groups -OCH3 is 1. The summed E-state index contributed by atoms with van der Waals surface area (Å²) in [7, 11) is 3.65. The Morgan fingerprint density at radius 2 is 2.30 bits per heavy atom. The minimum atomic E-state index is 0.708. The molecule has 0 spiro atoms. The van der Waals surface area contributed by atoms with Crippen LogP contribution in [0.5, 0.6) is 0 Å². The van der Waals surface area contributed by atoms with Crippen LogP contribution in [0.25, 0.3) is 0 Å². The van der Waals surface area contributed by atoms with Crippen molar-refractivity contribution in [3.8, 4) is 0 Å². The molecular weight excluding hydrogens is 340 g/mol. The second-order valence-electron chi connectivity index (χ2n) is 4.25. The SMILES string of the molecule is COCCNCc1cc(Br)ccc1Sc1nncn1C. The number of rotatable bonds is 7. The Balaban J connectivity index is 2.09. The van der Waals surface area contributed by atoms with Crippen molar-refractivity contribution in [3.05, 3.63) is 34.6 Å². The highest BCUT2D eigenvalue weighted by Crippen LogP contribution is 2.30. The number of hydrogen-bond donors (Lipinski definition) is 1. The van der Waals surface area contributed by atoms with Crippen LogP contribution in [0.15, 0.2) is 39.1 Å². The van der Waals surface area contributed by atoms with E-state index in [9.17, 15) is 0 Å². The number of nitrogens with one attached hydrogen (secondary N) is 1. The molecule has 2 aromatic rings. The molecule has 108 valence electrons. The molecule has 7 heteroatoms. The second kappa shape index (κ2) is 7.78. The van der Waals surface area contributed by atoms with Gasteiger partial charge in [0.15, 0.2) is 5.16 Å². The van der Waals surface area contributed by atoms with E-state index in [0.29, 0.717) is 6.61 Å². The van der Waals surface area contributed by atoms with E-state index in [-0.39, 0.29) is 0 Å². The fourth-order valence-electron chi connectivity index (χ4n) is 1.65. The summed E-state index contributed by atoms with van der Waals surface area (Å²) in [6.45, 7) is 2.33. The number of benzene rings is 1. The zero-order chi connectivity index (χ0) is 14.4. The van der Waals surface area contributed by atoms with Gasteiger partial charge in [0.2, 0.25) is 0 Å². The first kappa shape index (κ1) is 15.5. The Morgan fingerprint density at radius 1 is 1.45 bits per heavy atom. The van der Waals surface area contributed by atoms with Crippen LogP contribution < -0.4 is 5.32 Å². The molecule has 1 aromatic carbocycles. The van der Waals surface area contributed by atoms with Gasteiger partial charge in [0, 0.05) is 36.6 Å². The summed E-state index contributed by atoms with van der Waals surface area (Å²) in [5.41, 5.74) is 1.23. The predicted octanol–water partition coefficient (Wildman–Crippen LogP) is 2.46. The highest BCUT2D eigenvalue weighted by atomic mass is 79.9. The molecule has 0 aliphatic heterocycles. The lowest BCUT2D eigenvalue weighted by Crippen LogP contribution is -2.18. The first-order valence-corrected chi connectivity index (χ1v) is 7.81. The van der Waals surface area contributed by atoms with Crippen molar-refractivity contribution in [1.82, 2.24) is 20.1 Å². The van der Waals surface area contributed by atoms with E-state index < -0.39 is 0 Å². The average molecular weight is 357 g/mol. The van der Waals surface area contributed by atoms with Gasteiger partial charge in [-0.1, -0.05) is 15.9 Å². The summed E-state index contributed by atoms with van der Waals surface area (Å²) in [5.74, 6) is 0. The van der Waals surface area contributed by atoms with Crippen molar-refractivity contribution in [2.45, 2.75) is 16.6 Å². The van der Waals surface area contributed by atoms with Crippen LogP contribution in [0.3, 0.4) is 0 Å². The maximum atomic E-state index is 5.04. The molecule has 5 nitrogen and oxygen atoms in total. The molecule has 1 heterocycles. The van der Waals surface area contributed by atoms with Crippen molar-refractivity contribution in [2.24, 2.45) is 7.05 Å². The molecule has 0 aliphatic carbocycles. The zero-order valence-electron chi connectivity index (χ0n) is 11.5. The van der Waals surface area contributed by atoms with E-state index in [1.807, 2.05) is 17.7 Å². The largest absolute Gasteiger partial charge is 0.383 e. The van der Waals surface area contributed by atoms with Gasteiger partial charge in [0.05, 0.1) is 6.61 Å². The lowest BCUT2D eigenvalue weighted by atomic mass is 10.2. The summed E-state index contributed by atoms with van der Waals surface area (Å²) in [4.78, 5) is 1.18. The van der Waals surface area contributed by atoms with E-state index in [1.54, 1.807) is 25.2 Å². The maximum Gasteiger partial charge on any atom is 0.195 e. The van der Waals surface area contributed by atoms with Gasteiger partial charge in [-0.25, -0.2) is 0 Å². The molecule has 2 rings (SSSR count). The Bertz CT molecular complexity index is 561. The molecule has 0 aliphatic rings. The van der Waals surface area contributed by atoms with Gasteiger partial charge < -0.3 is 14.6 Å². The number of aryl methyl sites for hydroxylation is 1. The summed E-state index contributed by atoms with van der Waals surface area (Å²) in [6, 6.07) is 6.26. The quantitative estimate of drug-likeness (QED) is 0.772. The third kappa shape index (κ3) is 4.31. The van der Waals surface area contributed by atoms with Gasteiger partial charge in [-0.05, 0) is 35.5 Å². The topological polar surface area (TPSA) is 52.0 Å². The van der Waals surface area contributed by atoms with E-state index in [1.165, 1.54) is 10.5 Å². The van der Waals surface area contributed by atoms with Crippen LogP contribution in [0.4, 0.5) is 0 Å². The minimum absolute atomic E-state index is 0.708. The predicted molar refractivity (Wildman–Crippen MR) is 82.9 cm³/mol. The third-order valence-electron chi connectivity index (χ3n) is 2.69. The fraction of sp³-hybridized carbons (Fsp3) is 0.385. The van der Waals surface area contributed by atoms with Gasteiger partial charge in [-0.3, -0.25) is 0 Å². The van der Waals surface area contributed by atoms with Crippen LogP contribution in [-0.4, -0.2) is 35.0 Å². The molecule has 0 saturated carbocycles. The number of hydrogen-bond acceptors (Lipinski definition) is 5. The van der Waals surface area contributed by atoms with E-state index >= 15 is 0 Å². The van der Waals surface area contributed by atoms with Crippen LogP contribution in [0.2, 0.25) is 0 Å². The van der Waals surface area contributed by atoms with Gasteiger partial charge in [0.25, 0.3) is 0 Å². The molecular formula is C13H17BrN4OS. The monoisotopic (exact) mass is 356 g/mol. The molecule has 0 unspecified atom stereocenters. The molecule has 0 bridgehead atoms. The number of halogens is 1. The van der Waals surface area contributed by atoms with Crippen LogP contribution in [0.1, 0.15) is 5.56 Å². The van der Waals surface area contributed by atoms with Gasteiger partial charge >= 0.3 is 0 Å². The molecule has 0 amide bonds. The van der Waals surface area contributed by atoms with Gasteiger partial charge in [-0.15, -0.1) is 10.2 Å². The first-order chi connectivity index (χ1) is 9.70. The van der Waals surface area contributed by atoms with Gasteiger partial charge in [0.1, 0.15) is 6.33 Å². The third-order valence-corrected chi connectivity index (χ3v) is 4.36. The average Bonchev–Trinajstić information content (AvgIpc) is 2.83. The molecule has 1 N–H and O–H groups in total. The summed E-state index contributed by atoms with van der Waals surface area (Å²) < 4.78 is 8.02. The lowest BCUT2D eigenvalue weighted by molar-refractivity contribution is 0.199. The Hall–Kier alpha value is -0.890. The minimum Gasteiger partial charge on any atom is -0.383 e. The zero-order valence-corrected chi connectivity index (χ0v) is 13.9. The maximum absolute atomic E-state index is 5.04.